The summed E-state index contributed by atoms with van der Waals surface area (Å²) in [6, 6.07) is 6.30. The number of carbonyl (C=O) groups excluding carboxylic acids is 1. The summed E-state index contributed by atoms with van der Waals surface area (Å²) in [7, 11) is 0. The first kappa shape index (κ1) is 11.0. The Kier molecular flexibility index (Phi) is 2.88. The number of hydrogen-bond acceptors (Lipinski definition) is 2. The lowest BCUT2D eigenvalue weighted by molar-refractivity contribution is 0.0997. The maximum Gasteiger partial charge on any atom is 0.176 e. The van der Waals surface area contributed by atoms with Crippen molar-refractivity contribution in [2.45, 2.75) is 13.3 Å². The third kappa shape index (κ3) is 2.19. The van der Waals surface area contributed by atoms with Gasteiger partial charge in [-0.1, -0.05) is 12.2 Å². The highest BCUT2D eigenvalue weighted by molar-refractivity contribution is 7.20. The zero-order valence-corrected chi connectivity index (χ0v) is 9.73. The topological polar surface area (TPSA) is 17.1 Å². The van der Waals surface area contributed by atoms with E-state index in [-0.39, 0.29) is 11.6 Å². The van der Waals surface area contributed by atoms with E-state index in [2.05, 4.69) is 6.58 Å². The first-order valence-electron chi connectivity index (χ1n) is 4.93. The molecular weight excluding hydrogens is 223 g/mol. The Morgan fingerprint density at radius 3 is 2.88 bits per heavy atom. The Balaban J connectivity index is 2.39. The summed E-state index contributed by atoms with van der Waals surface area (Å²) in [6.07, 6.45) is 0.356. The highest BCUT2D eigenvalue weighted by atomic mass is 32.1. The zero-order valence-electron chi connectivity index (χ0n) is 8.92. The number of Topliss-reactive ketones (excluding diaryl/α,β-unsaturated/α-hetero) is 1. The number of allylic oxidation sites excluding steroid dienone is 1. The fourth-order valence-electron chi connectivity index (χ4n) is 1.51. The number of thiophene rings is 1. The van der Waals surface area contributed by atoms with Gasteiger partial charge in [0.05, 0.1) is 4.88 Å². The lowest BCUT2D eigenvalue weighted by Crippen LogP contribution is -1.95. The van der Waals surface area contributed by atoms with Crippen LogP contribution in [0.15, 0.2) is 36.4 Å². The molecule has 16 heavy (non-hydrogen) atoms. The largest absolute Gasteiger partial charge is 0.293 e. The summed E-state index contributed by atoms with van der Waals surface area (Å²) in [4.78, 5) is 12.4. The maximum atomic E-state index is 13.0. The van der Waals surface area contributed by atoms with Crippen LogP contribution in [-0.2, 0) is 0 Å². The molecule has 2 rings (SSSR count). The van der Waals surface area contributed by atoms with Crippen molar-refractivity contribution >= 4 is 27.2 Å². The van der Waals surface area contributed by atoms with Gasteiger partial charge in [0.1, 0.15) is 5.82 Å². The lowest BCUT2D eigenvalue weighted by atomic mass is 10.1. The Morgan fingerprint density at radius 2 is 2.19 bits per heavy atom. The molecule has 0 bridgehead atoms. The second-order valence-corrected chi connectivity index (χ2v) is 4.93. The lowest BCUT2D eigenvalue weighted by Gasteiger charge is -1.94. The van der Waals surface area contributed by atoms with Crippen molar-refractivity contribution in [2.75, 3.05) is 0 Å². The third-order valence-corrected chi connectivity index (χ3v) is 3.37. The molecule has 1 nitrogen and oxygen atoms in total. The number of fused-ring (bicyclic) bond motifs is 1. The minimum Gasteiger partial charge on any atom is -0.293 e. The summed E-state index contributed by atoms with van der Waals surface area (Å²) in [5, 5.41) is 0.787. The molecule has 0 fully saturated rings. The predicted molar refractivity (Wildman–Crippen MR) is 65.5 cm³/mol. The summed E-state index contributed by atoms with van der Waals surface area (Å²) in [5.74, 6) is -0.224. The van der Waals surface area contributed by atoms with Gasteiger partial charge in [-0.25, -0.2) is 4.39 Å². The number of ketones is 1. The van der Waals surface area contributed by atoms with Crippen molar-refractivity contribution in [1.29, 1.82) is 0 Å². The molecule has 0 saturated carbocycles. The van der Waals surface area contributed by atoms with Crippen LogP contribution in [0.3, 0.4) is 0 Å². The average Bonchev–Trinajstić information content (AvgIpc) is 2.59. The molecule has 0 aliphatic heterocycles. The molecule has 0 aliphatic rings. The van der Waals surface area contributed by atoms with Gasteiger partial charge in [0.15, 0.2) is 5.78 Å². The molecule has 0 aliphatic carbocycles. The zero-order chi connectivity index (χ0) is 11.7. The molecule has 0 saturated heterocycles. The van der Waals surface area contributed by atoms with Gasteiger partial charge < -0.3 is 0 Å². The number of rotatable bonds is 3. The number of halogens is 1. The van der Waals surface area contributed by atoms with Gasteiger partial charge in [-0.15, -0.1) is 11.3 Å². The van der Waals surface area contributed by atoms with Crippen LogP contribution in [0.25, 0.3) is 10.1 Å². The van der Waals surface area contributed by atoms with E-state index >= 15 is 0 Å². The molecule has 3 heteroatoms. The molecule has 1 heterocycles. The third-order valence-electron chi connectivity index (χ3n) is 2.22. The molecule has 1 aromatic carbocycles. The van der Waals surface area contributed by atoms with Gasteiger partial charge in [0.25, 0.3) is 0 Å². The standard InChI is InChI=1S/C13H11FOS/c1-8(2)5-11(15)13-7-9-6-10(14)3-4-12(9)16-13/h3-4,6-7H,1,5H2,2H3. The number of hydrogen-bond donors (Lipinski definition) is 0. The van der Waals surface area contributed by atoms with Crippen LogP contribution in [0.5, 0.6) is 0 Å². The minimum absolute atomic E-state index is 0.0501. The quantitative estimate of drug-likeness (QED) is 0.575. The summed E-state index contributed by atoms with van der Waals surface area (Å²) < 4.78 is 13.9. The second kappa shape index (κ2) is 4.18. The van der Waals surface area contributed by atoms with E-state index in [0.29, 0.717) is 11.3 Å². The molecule has 0 spiro atoms. The van der Waals surface area contributed by atoms with E-state index in [0.717, 1.165) is 15.7 Å². The fraction of sp³-hybridized carbons (Fsp3) is 0.154. The Morgan fingerprint density at radius 1 is 1.44 bits per heavy atom. The predicted octanol–water partition coefficient (Wildman–Crippen LogP) is 4.19. The van der Waals surface area contributed by atoms with Crippen molar-refractivity contribution < 1.29 is 9.18 Å². The molecule has 0 N–H and O–H groups in total. The molecule has 82 valence electrons. The molecule has 0 amide bonds. The maximum absolute atomic E-state index is 13.0. The van der Waals surface area contributed by atoms with Gasteiger partial charge in [-0.05, 0) is 36.6 Å². The van der Waals surface area contributed by atoms with Crippen LogP contribution >= 0.6 is 11.3 Å². The van der Waals surface area contributed by atoms with Gasteiger partial charge in [-0.3, -0.25) is 4.79 Å². The van der Waals surface area contributed by atoms with Crippen LogP contribution < -0.4 is 0 Å². The molecule has 0 atom stereocenters. The Labute approximate surface area is 97.2 Å². The minimum atomic E-state index is -0.274. The normalized spacial score (nSPS) is 10.6. The van der Waals surface area contributed by atoms with Crippen LogP contribution in [0.4, 0.5) is 4.39 Å². The van der Waals surface area contributed by atoms with Crippen molar-refractivity contribution in [1.82, 2.24) is 0 Å². The highest BCUT2D eigenvalue weighted by Gasteiger charge is 2.10. The van der Waals surface area contributed by atoms with Crippen LogP contribution in [0.2, 0.25) is 0 Å². The fourth-order valence-corrected chi connectivity index (χ4v) is 2.49. The number of benzene rings is 1. The van der Waals surface area contributed by atoms with Crippen LogP contribution in [-0.4, -0.2) is 5.78 Å². The monoisotopic (exact) mass is 234 g/mol. The van der Waals surface area contributed by atoms with E-state index in [9.17, 15) is 9.18 Å². The molecule has 0 radical (unpaired) electrons. The average molecular weight is 234 g/mol. The van der Waals surface area contributed by atoms with Crippen molar-refractivity contribution in [3.05, 3.63) is 47.1 Å². The van der Waals surface area contributed by atoms with Gasteiger partial charge in [0.2, 0.25) is 0 Å². The van der Waals surface area contributed by atoms with Gasteiger partial charge in [-0.2, -0.15) is 0 Å². The smallest absolute Gasteiger partial charge is 0.176 e. The van der Waals surface area contributed by atoms with Gasteiger partial charge in [0, 0.05) is 11.1 Å². The van der Waals surface area contributed by atoms with Crippen LogP contribution in [0.1, 0.15) is 23.0 Å². The summed E-state index contributed by atoms with van der Waals surface area (Å²) in [6.45, 7) is 5.54. The summed E-state index contributed by atoms with van der Waals surface area (Å²) >= 11 is 1.40. The SMILES string of the molecule is C=C(C)CC(=O)c1cc2cc(F)ccc2s1. The van der Waals surface area contributed by atoms with Crippen molar-refractivity contribution in [2.24, 2.45) is 0 Å². The first-order valence-corrected chi connectivity index (χ1v) is 5.74. The van der Waals surface area contributed by atoms with Crippen LogP contribution in [0, 0.1) is 5.82 Å². The molecule has 1 aromatic heterocycles. The van der Waals surface area contributed by atoms with Crippen molar-refractivity contribution in [3.8, 4) is 0 Å². The first-order chi connectivity index (χ1) is 7.56. The second-order valence-electron chi connectivity index (χ2n) is 3.85. The van der Waals surface area contributed by atoms with E-state index < -0.39 is 0 Å². The van der Waals surface area contributed by atoms with Gasteiger partial charge >= 0.3 is 0 Å². The van der Waals surface area contributed by atoms with E-state index in [1.807, 2.05) is 6.92 Å². The number of carbonyl (C=O) groups is 1. The Bertz CT molecular complexity index is 568. The highest BCUT2D eigenvalue weighted by Crippen LogP contribution is 2.27. The Hall–Kier alpha value is -1.48. The van der Waals surface area contributed by atoms with E-state index in [4.69, 9.17) is 0 Å². The van der Waals surface area contributed by atoms with E-state index in [1.54, 1.807) is 12.1 Å². The van der Waals surface area contributed by atoms with Crippen molar-refractivity contribution in [3.63, 3.8) is 0 Å². The molecule has 2 aromatic rings. The molecular formula is C13H11FOS. The molecule has 0 unspecified atom stereocenters. The summed E-state index contributed by atoms with van der Waals surface area (Å²) in [5.41, 5.74) is 0.841. The van der Waals surface area contributed by atoms with E-state index in [1.165, 1.54) is 23.5 Å².